The third-order valence-electron chi connectivity index (χ3n) is 6.01. The number of hydrogen-bond acceptors (Lipinski definition) is 14. The highest BCUT2D eigenvalue weighted by Gasteiger charge is 2.58. The zero-order valence-electron chi connectivity index (χ0n) is 22.8. The van der Waals surface area contributed by atoms with E-state index in [2.05, 4.69) is 28.5 Å². The van der Waals surface area contributed by atoms with Crippen molar-refractivity contribution in [1.29, 1.82) is 5.26 Å². The lowest BCUT2D eigenvalue weighted by molar-refractivity contribution is -0.137. The van der Waals surface area contributed by atoms with Gasteiger partial charge >= 0.3 is 23.5 Å². The van der Waals surface area contributed by atoms with Crippen molar-refractivity contribution in [2.24, 2.45) is 0 Å². The fourth-order valence-electron chi connectivity index (χ4n) is 3.89. The van der Waals surface area contributed by atoms with Gasteiger partial charge < -0.3 is 44.6 Å². The normalized spacial score (nSPS) is 25.6. The first-order valence-electron chi connectivity index (χ1n) is 12.3. The number of phosphoric acid groups is 3. The van der Waals surface area contributed by atoms with Crippen molar-refractivity contribution in [2.45, 2.75) is 63.1 Å². The van der Waals surface area contributed by atoms with Crippen LogP contribution in [0.3, 0.4) is 0 Å². The molecule has 1 amide bonds. The van der Waals surface area contributed by atoms with Gasteiger partial charge in [0.05, 0.1) is 12.3 Å². The van der Waals surface area contributed by atoms with Crippen molar-refractivity contribution in [3.8, 4) is 6.07 Å². The fraction of sp³-hybridized carbons (Fsp3) is 0.600. The maximum absolute atomic E-state index is 12.9. The van der Waals surface area contributed by atoms with Crippen LogP contribution in [0.1, 0.15) is 39.3 Å². The van der Waals surface area contributed by atoms with Crippen LogP contribution in [0.25, 0.3) is 5.52 Å². The summed E-state index contributed by atoms with van der Waals surface area (Å²) < 4.78 is 58.4. The molecule has 2 aromatic heterocycles. The van der Waals surface area contributed by atoms with Gasteiger partial charge in [-0.3, -0.25) is 9.32 Å². The molecule has 23 heteroatoms. The Morgan fingerprint density at radius 2 is 1.86 bits per heavy atom. The minimum Gasteiger partial charge on any atom is -0.387 e. The SMILES string of the molecule is CCCCOC(C)(C)C(=O)Nc1ncnn2c([C@]3(C#N)O[C@H](COP(=O)(O)OP(=O)(O)OP(=O)(O)O)[C@@H](O)[C@H]3O)ccc12. The highest BCUT2D eigenvalue weighted by atomic mass is 31.3. The van der Waals surface area contributed by atoms with E-state index < -0.39 is 65.5 Å². The molecule has 1 aliphatic rings. The maximum Gasteiger partial charge on any atom is 0.490 e. The number of nitrogens with zero attached hydrogens (tertiary/aromatic N) is 4. The number of ether oxygens (including phenoxy) is 2. The molecule has 0 spiro atoms. The number of phosphoric ester groups is 1. The van der Waals surface area contributed by atoms with Gasteiger partial charge in [0.2, 0.25) is 5.60 Å². The van der Waals surface area contributed by atoms with E-state index in [-0.39, 0.29) is 17.0 Å². The zero-order valence-corrected chi connectivity index (χ0v) is 25.5. The Bertz CT molecular complexity index is 1520. The monoisotopic (exact) mass is 673 g/mol. The molecule has 0 aliphatic carbocycles. The van der Waals surface area contributed by atoms with Crippen LogP contribution in [0.4, 0.5) is 5.82 Å². The minimum atomic E-state index is -5.82. The zero-order chi connectivity index (χ0) is 32.4. The van der Waals surface area contributed by atoms with Gasteiger partial charge in [0.1, 0.15) is 41.8 Å². The van der Waals surface area contributed by atoms with Crippen molar-refractivity contribution >= 4 is 40.7 Å². The molecular formula is C20H30N5O15P3. The van der Waals surface area contributed by atoms with Crippen LogP contribution in [-0.4, -0.2) is 87.4 Å². The molecule has 0 bridgehead atoms. The molecule has 2 aromatic rings. The molecule has 20 nitrogen and oxygen atoms in total. The van der Waals surface area contributed by atoms with Crippen LogP contribution in [0.5, 0.6) is 0 Å². The molecule has 1 aliphatic heterocycles. The number of rotatable bonds is 14. The number of unbranched alkanes of at least 4 members (excludes halogenated alkanes) is 1. The number of anilines is 1. The van der Waals surface area contributed by atoms with Crippen molar-refractivity contribution < 1.29 is 70.9 Å². The highest BCUT2D eigenvalue weighted by molar-refractivity contribution is 7.66. The molecule has 2 unspecified atom stereocenters. The number of carbonyl (C=O) groups excluding carboxylic acids is 1. The average molecular weight is 673 g/mol. The van der Waals surface area contributed by atoms with E-state index in [0.717, 1.165) is 23.7 Å². The van der Waals surface area contributed by atoms with Gasteiger partial charge in [0.15, 0.2) is 5.82 Å². The standard InChI is InChI=1S/C20H30N5O15P3/c1-4-5-8-36-19(2,3)18(28)24-17-12-6-7-14(25(12)23-11-22-17)20(10-21)16(27)15(26)13(38-20)9-37-42(32,33)40-43(34,35)39-41(29,30)31/h6-7,11,13,15-16,26-27H,4-5,8-9H2,1-3H3,(H,32,33)(H,34,35)(H2,29,30,31)(H,22,23,24,28)/t13-,15-,16-,20+/m1/s1. The molecule has 6 atom stereocenters. The van der Waals surface area contributed by atoms with Gasteiger partial charge in [-0.1, -0.05) is 13.3 Å². The molecule has 43 heavy (non-hydrogen) atoms. The summed E-state index contributed by atoms with van der Waals surface area (Å²) in [5.74, 6) is -0.537. The van der Waals surface area contributed by atoms with Crippen LogP contribution < -0.4 is 5.32 Å². The number of aromatic nitrogens is 3. The van der Waals surface area contributed by atoms with E-state index in [9.17, 15) is 43.8 Å². The van der Waals surface area contributed by atoms with Gasteiger partial charge in [0, 0.05) is 6.61 Å². The van der Waals surface area contributed by atoms with E-state index in [0.29, 0.717) is 6.61 Å². The minimum absolute atomic E-state index is 0.00347. The van der Waals surface area contributed by atoms with Crippen molar-refractivity contribution in [1.82, 2.24) is 14.6 Å². The summed E-state index contributed by atoms with van der Waals surface area (Å²) in [5.41, 5.74) is -3.63. The number of amides is 1. The highest BCUT2D eigenvalue weighted by Crippen LogP contribution is 2.66. The van der Waals surface area contributed by atoms with Gasteiger partial charge in [-0.05, 0) is 32.4 Å². The van der Waals surface area contributed by atoms with Gasteiger partial charge in [-0.2, -0.15) is 19.0 Å². The second-order valence-electron chi connectivity index (χ2n) is 9.62. The Kier molecular flexibility index (Phi) is 10.7. The summed E-state index contributed by atoms with van der Waals surface area (Å²) in [5, 5.41) is 38.1. The maximum atomic E-state index is 12.9. The van der Waals surface area contributed by atoms with Crippen LogP contribution in [0.15, 0.2) is 18.5 Å². The number of aliphatic hydroxyl groups excluding tert-OH is 2. The molecule has 1 saturated heterocycles. The number of hydrogen-bond donors (Lipinski definition) is 7. The number of aliphatic hydroxyl groups is 2. The summed E-state index contributed by atoms with van der Waals surface area (Å²) in [7, 11) is -17.1. The molecule has 0 radical (unpaired) electrons. The second-order valence-corrected chi connectivity index (χ2v) is 14.0. The Morgan fingerprint density at radius 3 is 2.47 bits per heavy atom. The van der Waals surface area contributed by atoms with Crippen molar-refractivity contribution in [3.63, 3.8) is 0 Å². The topological polar surface area (TPSA) is 302 Å². The van der Waals surface area contributed by atoms with E-state index >= 15 is 0 Å². The number of fused-ring (bicyclic) bond motifs is 1. The van der Waals surface area contributed by atoms with Gasteiger partial charge in [-0.15, -0.1) is 0 Å². The smallest absolute Gasteiger partial charge is 0.387 e. The van der Waals surface area contributed by atoms with Crippen LogP contribution >= 0.6 is 23.5 Å². The fourth-order valence-corrected chi connectivity index (χ4v) is 6.92. The van der Waals surface area contributed by atoms with Crippen LogP contribution in [0, 0.1) is 11.3 Å². The first-order valence-corrected chi connectivity index (χ1v) is 16.8. The second kappa shape index (κ2) is 13.1. The summed E-state index contributed by atoms with van der Waals surface area (Å²) >= 11 is 0. The first kappa shape index (κ1) is 35.3. The molecule has 3 heterocycles. The third kappa shape index (κ3) is 8.31. The lowest BCUT2D eigenvalue weighted by Gasteiger charge is -2.25. The van der Waals surface area contributed by atoms with Crippen LogP contribution in [-0.2, 0) is 46.7 Å². The van der Waals surface area contributed by atoms with E-state index in [1.54, 1.807) is 19.9 Å². The van der Waals surface area contributed by atoms with Crippen molar-refractivity contribution in [2.75, 3.05) is 18.5 Å². The lowest BCUT2D eigenvalue weighted by atomic mass is 9.92. The summed E-state index contributed by atoms with van der Waals surface area (Å²) in [6.45, 7) is 4.30. The number of nitriles is 1. The van der Waals surface area contributed by atoms with Crippen molar-refractivity contribution in [3.05, 3.63) is 24.2 Å². The van der Waals surface area contributed by atoms with E-state index in [4.69, 9.17) is 19.3 Å². The molecule has 240 valence electrons. The summed E-state index contributed by atoms with van der Waals surface area (Å²) in [6, 6.07) is 4.40. The predicted octanol–water partition coefficient (Wildman–Crippen LogP) is 0.446. The number of nitrogens with one attached hydrogen (secondary N) is 1. The summed E-state index contributed by atoms with van der Waals surface area (Å²) in [4.78, 5) is 53.2. The van der Waals surface area contributed by atoms with E-state index in [1.165, 1.54) is 12.1 Å². The lowest BCUT2D eigenvalue weighted by Crippen LogP contribution is -2.41. The Balaban J connectivity index is 1.83. The molecule has 0 aromatic carbocycles. The molecule has 7 N–H and O–H groups in total. The predicted molar refractivity (Wildman–Crippen MR) is 141 cm³/mol. The summed E-state index contributed by atoms with van der Waals surface area (Å²) in [6.07, 6.45) is -3.09. The van der Waals surface area contributed by atoms with Gasteiger partial charge in [-0.25, -0.2) is 23.2 Å². The first-order chi connectivity index (χ1) is 19.8. The Labute approximate surface area is 243 Å². The third-order valence-corrected chi connectivity index (χ3v) is 9.82. The molecule has 1 fully saturated rings. The molecular weight excluding hydrogens is 643 g/mol. The average Bonchev–Trinajstić information content (AvgIpc) is 3.41. The largest absolute Gasteiger partial charge is 0.490 e. The Morgan fingerprint density at radius 1 is 1.19 bits per heavy atom. The quantitative estimate of drug-likeness (QED) is 0.106. The van der Waals surface area contributed by atoms with Crippen LogP contribution in [0.2, 0.25) is 0 Å². The molecule has 3 rings (SSSR count). The number of carbonyl (C=O) groups is 1. The Hall–Kier alpha value is -2.17. The van der Waals surface area contributed by atoms with E-state index in [1.807, 2.05) is 6.92 Å². The van der Waals surface area contributed by atoms with Gasteiger partial charge in [0.25, 0.3) is 5.91 Å². The molecule has 0 saturated carbocycles.